The lowest BCUT2D eigenvalue weighted by Gasteiger charge is -2.15. The summed E-state index contributed by atoms with van der Waals surface area (Å²) < 4.78 is 30.5. The quantitative estimate of drug-likeness (QED) is 0.729. The first-order chi connectivity index (χ1) is 9.28. The maximum absolute atomic E-state index is 12.3. The number of thiazole rings is 1. The van der Waals surface area contributed by atoms with Gasteiger partial charge in [0.25, 0.3) is 10.0 Å². The molecular weight excluding hydrogens is 326 g/mol. The predicted molar refractivity (Wildman–Crippen MR) is 76.6 cm³/mol. The molecule has 20 heavy (non-hydrogen) atoms. The number of likely N-dealkylation sites (N-methyl/N-ethyl adjacent to an activating group) is 1. The normalized spacial score (nSPS) is 11.8. The summed E-state index contributed by atoms with van der Waals surface area (Å²) in [5.41, 5.74) is 0.326. The zero-order valence-electron chi connectivity index (χ0n) is 11.3. The Morgan fingerprint density at radius 1 is 1.55 bits per heavy atom. The number of ether oxygens (including phenoxy) is 1. The van der Waals surface area contributed by atoms with Gasteiger partial charge in [-0.3, -0.25) is 4.79 Å². The zero-order chi connectivity index (χ0) is 15.3. The van der Waals surface area contributed by atoms with E-state index in [-0.39, 0.29) is 15.2 Å². The number of nitrogens with one attached hydrogen (secondary N) is 1. The van der Waals surface area contributed by atoms with Gasteiger partial charge in [0.15, 0.2) is 8.68 Å². The third-order valence-electron chi connectivity index (χ3n) is 2.37. The third-order valence-corrected chi connectivity index (χ3v) is 6.02. The highest BCUT2D eigenvalue weighted by atomic mass is 35.5. The van der Waals surface area contributed by atoms with Crippen molar-refractivity contribution in [3.63, 3.8) is 0 Å². The van der Waals surface area contributed by atoms with Crippen LogP contribution in [0.1, 0.15) is 5.69 Å². The SMILES string of the molecule is COCCNC(=O)CN(C)S(=O)(=O)c1sc(Cl)nc1C. The molecule has 0 fully saturated rings. The molecule has 0 aliphatic heterocycles. The second-order valence-corrected chi connectivity index (χ2v) is 7.76. The first kappa shape index (κ1) is 17.3. The number of hydrogen-bond acceptors (Lipinski definition) is 6. The number of aryl methyl sites for hydroxylation is 1. The lowest BCUT2D eigenvalue weighted by Crippen LogP contribution is -2.39. The van der Waals surface area contributed by atoms with Crippen LogP contribution in [0.2, 0.25) is 4.47 Å². The molecule has 0 atom stereocenters. The number of aromatic nitrogens is 1. The summed E-state index contributed by atoms with van der Waals surface area (Å²) in [6, 6.07) is 0. The van der Waals surface area contributed by atoms with Gasteiger partial charge in [0.05, 0.1) is 18.8 Å². The van der Waals surface area contributed by atoms with Crippen LogP contribution in [-0.2, 0) is 19.6 Å². The van der Waals surface area contributed by atoms with Gasteiger partial charge in [-0.15, -0.1) is 0 Å². The molecule has 0 spiro atoms. The van der Waals surface area contributed by atoms with Crippen LogP contribution in [0, 0.1) is 6.92 Å². The predicted octanol–water partition coefficient (Wildman–Crippen LogP) is 0.488. The minimum Gasteiger partial charge on any atom is -0.383 e. The smallest absolute Gasteiger partial charge is 0.254 e. The van der Waals surface area contributed by atoms with Gasteiger partial charge >= 0.3 is 0 Å². The monoisotopic (exact) mass is 341 g/mol. The molecule has 0 aliphatic carbocycles. The fraction of sp³-hybridized carbons (Fsp3) is 0.600. The molecule has 1 aromatic heterocycles. The molecule has 7 nitrogen and oxygen atoms in total. The first-order valence-corrected chi connectivity index (χ1v) is 8.27. The van der Waals surface area contributed by atoms with Gasteiger partial charge in [-0.05, 0) is 6.92 Å². The molecule has 0 unspecified atom stereocenters. The summed E-state index contributed by atoms with van der Waals surface area (Å²) in [6.07, 6.45) is 0. The van der Waals surface area contributed by atoms with Gasteiger partial charge in [-0.1, -0.05) is 22.9 Å². The Morgan fingerprint density at radius 3 is 2.70 bits per heavy atom. The molecule has 1 N–H and O–H groups in total. The van der Waals surface area contributed by atoms with Gasteiger partial charge in [-0.2, -0.15) is 4.31 Å². The number of nitrogens with zero attached hydrogens (tertiary/aromatic N) is 2. The van der Waals surface area contributed by atoms with E-state index in [4.69, 9.17) is 16.3 Å². The summed E-state index contributed by atoms with van der Waals surface area (Å²) >= 11 is 6.57. The molecule has 1 aromatic rings. The van der Waals surface area contributed by atoms with E-state index in [0.717, 1.165) is 15.6 Å². The second kappa shape index (κ2) is 7.32. The van der Waals surface area contributed by atoms with E-state index in [9.17, 15) is 13.2 Å². The fourth-order valence-electron chi connectivity index (χ4n) is 1.37. The standard InChI is InChI=1S/C10H16ClN3O4S2/c1-7-9(19-10(11)13-7)20(16,17)14(2)6-8(15)12-4-5-18-3/h4-6H2,1-3H3,(H,12,15). The molecule has 1 amide bonds. The number of halogens is 1. The Labute approximate surface area is 126 Å². The van der Waals surface area contributed by atoms with Crippen molar-refractivity contribution >= 4 is 38.9 Å². The molecule has 0 saturated carbocycles. The Balaban J connectivity index is 2.73. The van der Waals surface area contributed by atoms with Crippen LogP contribution in [0.5, 0.6) is 0 Å². The Kier molecular flexibility index (Phi) is 6.34. The highest BCUT2D eigenvalue weighted by Gasteiger charge is 2.27. The van der Waals surface area contributed by atoms with Crippen LogP contribution in [0.3, 0.4) is 0 Å². The third kappa shape index (κ3) is 4.38. The maximum atomic E-state index is 12.3. The van der Waals surface area contributed by atoms with Crippen LogP contribution in [0.15, 0.2) is 4.21 Å². The molecule has 0 bridgehead atoms. The molecular formula is C10H16ClN3O4S2. The van der Waals surface area contributed by atoms with Crippen molar-refractivity contribution < 1.29 is 17.9 Å². The van der Waals surface area contributed by atoms with Gasteiger partial charge in [0, 0.05) is 20.7 Å². The lowest BCUT2D eigenvalue weighted by atomic mass is 10.5. The lowest BCUT2D eigenvalue weighted by molar-refractivity contribution is -0.121. The summed E-state index contributed by atoms with van der Waals surface area (Å²) in [4.78, 5) is 15.4. The maximum Gasteiger partial charge on any atom is 0.254 e. The summed E-state index contributed by atoms with van der Waals surface area (Å²) in [5.74, 6) is -0.401. The average molecular weight is 342 g/mol. The zero-order valence-corrected chi connectivity index (χ0v) is 13.7. The molecule has 0 radical (unpaired) electrons. The van der Waals surface area contributed by atoms with Crippen LogP contribution in [0.25, 0.3) is 0 Å². The van der Waals surface area contributed by atoms with Crippen molar-refractivity contribution in [2.24, 2.45) is 0 Å². The number of methoxy groups -OCH3 is 1. The molecule has 0 saturated heterocycles. The minimum absolute atomic E-state index is 0.0506. The second-order valence-electron chi connectivity index (χ2n) is 3.94. The molecule has 10 heteroatoms. The molecule has 0 aromatic carbocycles. The number of hydrogen-bond donors (Lipinski definition) is 1. The number of sulfonamides is 1. The summed E-state index contributed by atoms with van der Waals surface area (Å²) in [7, 11) is -0.917. The molecule has 1 heterocycles. The summed E-state index contributed by atoms with van der Waals surface area (Å²) in [6.45, 7) is 1.98. The number of carbonyl (C=O) groups is 1. The van der Waals surface area contributed by atoms with E-state index in [1.807, 2.05) is 0 Å². The van der Waals surface area contributed by atoms with Crippen molar-refractivity contribution in [3.8, 4) is 0 Å². The van der Waals surface area contributed by atoms with Gasteiger partial charge in [-0.25, -0.2) is 13.4 Å². The Hall–Kier alpha value is -0.740. The number of rotatable bonds is 7. The highest BCUT2D eigenvalue weighted by molar-refractivity contribution is 7.91. The van der Waals surface area contributed by atoms with E-state index in [1.165, 1.54) is 14.2 Å². The van der Waals surface area contributed by atoms with Gasteiger partial charge in [0.2, 0.25) is 5.91 Å². The van der Waals surface area contributed by atoms with Crippen LogP contribution >= 0.6 is 22.9 Å². The Bertz CT molecular complexity index is 573. The molecule has 0 aliphatic rings. The van der Waals surface area contributed by atoms with Crippen LogP contribution in [0.4, 0.5) is 0 Å². The average Bonchev–Trinajstić information content (AvgIpc) is 2.69. The largest absolute Gasteiger partial charge is 0.383 e. The van der Waals surface area contributed by atoms with E-state index in [0.29, 0.717) is 18.8 Å². The molecule has 1 rings (SSSR count). The first-order valence-electron chi connectivity index (χ1n) is 5.64. The number of amides is 1. The van der Waals surface area contributed by atoms with E-state index < -0.39 is 15.9 Å². The van der Waals surface area contributed by atoms with Gasteiger partial charge < -0.3 is 10.1 Å². The van der Waals surface area contributed by atoms with Crippen LogP contribution < -0.4 is 5.32 Å². The van der Waals surface area contributed by atoms with E-state index in [2.05, 4.69) is 10.3 Å². The van der Waals surface area contributed by atoms with E-state index >= 15 is 0 Å². The highest BCUT2D eigenvalue weighted by Crippen LogP contribution is 2.28. The van der Waals surface area contributed by atoms with Crippen molar-refractivity contribution in [1.82, 2.24) is 14.6 Å². The molecule has 114 valence electrons. The number of carbonyl (C=O) groups excluding carboxylic acids is 1. The van der Waals surface area contributed by atoms with Crippen molar-refractivity contribution in [2.45, 2.75) is 11.1 Å². The van der Waals surface area contributed by atoms with Crippen molar-refractivity contribution in [3.05, 3.63) is 10.2 Å². The van der Waals surface area contributed by atoms with Crippen molar-refractivity contribution in [2.75, 3.05) is 33.9 Å². The van der Waals surface area contributed by atoms with Crippen LogP contribution in [-0.4, -0.2) is 57.5 Å². The van der Waals surface area contributed by atoms with Crippen molar-refractivity contribution in [1.29, 1.82) is 0 Å². The van der Waals surface area contributed by atoms with Gasteiger partial charge in [0.1, 0.15) is 0 Å². The topological polar surface area (TPSA) is 88.6 Å². The van der Waals surface area contributed by atoms with E-state index in [1.54, 1.807) is 6.92 Å². The fourth-order valence-corrected chi connectivity index (χ4v) is 4.42. The Morgan fingerprint density at radius 2 is 2.20 bits per heavy atom. The minimum atomic E-state index is -3.76. The summed E-state index contributed by atoms with van der Waals surface area (Å²) in [5, 5.41) is 2.55.